The number of nitriles is 1. The molecule has 29 heavy (non-hydrogen) atoms. The predicted octanol–water partition coefficient (Wildman–Crippen LogP) is 4.56. The molecule has 1 aromatic carbocycles. The van der Waals surface area contributed by atoms with Crippen molar-refractivity contribution < 1.29 is 13.9 Å². The second kappa shape index (κ2) is 8.01. The van der Waals surface area contributed by atoms with Crippen LogP contribution in [-0.2, 0) is 11.3 Å². The molecule has 1 aliphatic rings. The van der Waals surface area contributed by atoms with Crippen molar-refractivity contribution in [3.63, 3.8) is 0 Å². The highest BCUT2D eigenvalue weighted by Crippen LogP contribution is 2.36. The summed E-state index contributed by atoms with van der Waals surface area (Å²) in [4.78, 5) is 15.8. The molecule has 7 nitrogen and oxygen atoms in total. The Balaban J connectivity index is 2.00. The first-order chi connectivity index (χ1) is 13.6. The van der Waals surface area contributed by atoms with Crippen LogP contribution in [0.25, 0.3) is 0 Å². The maximum atomic E-state index is 13.9. The number of amides is 1. The Labute approximate surface area is 177 Å². The van der Waals surface area contributed by atoms with E-state index in [0.717, 1.165) is 0 Å². The second-order valence-corrected chi connectivity index (χ2v) is 8.21. The number of anilines is 2. The minimum atomic E-state index is -0.684. The van der Waals surface area contributed by atoms with Gasteiger partial charge in [0.1, 0.15) is 17.5 Å². The minimum absolute atomic E-state index is 0.0730. The van der Waals surface area contributed by atoms with Crippen molar-refractivity contribution in [2.75, 3.05) is 22.9 Å². The minimum Gasteiger partial charge on any atom is -0.443 e. The van der Waals surface area contributed by atoms with Crippen molar-refractivity contribution in [1.82, 2.24) is 10.2 Å². The number of rotatable bonds is 2. The Kier molecular flexibility index (Phi) is 5.82. The monoisotopic (exact) mass is 437 g/mol. The molecular formula is C19H18Cl2FN5O2. The normalized spacial score (nSPS) is 13.7. The zero-order chi connectivity index (χ0) is 21.3. The molecule has 0 saturated carbocycles. The lowest BCUT2D eigenvalue weighted by atomic mass is 10.1. The van der Waals surface area contributed by atoms with Gasteiger partial charge in [0, 0.05) is 36.3 Å². The summed E-state index contributed by atoms with van der Waals surface area (Å²) in [6.07, 6.45) is -0.570. The Bertz CT molecular complexity index is 1000. The third kappa shape index (κ3) is 4.52. The van der Waals surface area contributed by atoms with Crippen molar-refractivity contribution >= 4 is 40.8 Å². The fraction of sp³-hybridized carbons (Fsp3) is 0.368. The molecule has 0 bridgehead atoms. The molecule has 0 N–H and O–H groups in total. The molecule has 0 atom stereocenters. The number of fused-ring (bicyclic) bond motifs is 1. The van der Waals surface area contributed by atoms with Crippen LogP contribution in [-0.4, -0.2) is 35.0 Å². The average Bonchev–Trinajstić information content (AvgIpc) is 2.66. The maximum Gasteiger partial charge on any atom is 0.416 e. The van der Waals surface area contributed by atoms with Crippen molar-refractivity contribution in [2.24, 2.45) is 0 Å². The summed E-state index contributed by atoms with van der Waals surface area (Å²) in [5.74, 6) is -0.336. The van der Waals surface area contributed by atoms with Crippen molar-refractivity contribution in [1.29, 1.82) is 5.26 Å². The van der Waals surface area contributed by atoms with E-state index in [2.05, 4.69) is 10.2 Å². The Hall–Kier alpha value is -2.63. The molecule has 1 amide bonds. The largest absolute Gasteiger partial charge is 0.443 e. The van der Waals surface area contributed by atoms with Crippen LogP contribution in [0, 0.1) is 17.1 Å². The first-order valence-corrected chi connectivity index (χ1v) is 9.52. The van der Waals surface area contributed by atoms with Gasteiger partial charge in [-0.25, -0.2) is 9.18 Å². The fourth-order valence-electron chi connectivity index (χ4n) is 2.87. The summed E-state index contributed by atoms with van der Waals surface area (Å²) in [6.45, 7) is 6.08. The average molecular weight is 438 g/mol. The lowest BCUT2D eigenvalue weighted by molar-refractivity contribution is 0.0578. The Morgan fingerprint density at radius 2 is 2.03 bits per heavy atom. The van der Waals surface area contributed by atoms with Gasteiger partial charge in [-0.05, 0) is 32.9 Å². The first kappa shape index (κ1) is 21.1. The molecule has 0 saturated heterocycles. The standard InChI is InChI=1S/C19H18Cl2FN5O2/c1-19(2,3)29-18(28)27-7-6-26(15-8-11(9-23)24-25-17(15)27)10-12-13(20)4-5-14(22)16(12)21/h4-5,8H,6-7,10H2,1-3H3. The van der Waals surface area contributed by atoms with E-state index in [0.29, 0.717) is 22.8 Å². The second-order valence-electron chi connectivity index (χ2n) is 7.43. The van der Waals surface area contributed by atoms with Gasteiger partial charge in [0.15, 0.2) is 11.5 Å². The third-order valence-corrected chi connectivity index (χ3v) is 4.92. The van der Waals surface area contributed by atoms with E-state index in [4.69, 9.17) is 27.9 Å². The van der Waals surface area contributed by atoms with E-state index in [9.17, 15) is 14.4 Å². The van der Waals surface area contributed by atoms with E-state index in [1.807, 2.05) is 11.0 Å². The van der Waals surface area contributed by atoms with Crippen LogP contribution in [0.5, 0.6) is 0 Å². The molecule has 1 aliphatic heterocycles. The SMILES string of the molecule is CC(C)(C)OC(=O)N1CCN(Cc2c(Cl)ccc(F)c2Cl)c2cc(C#N)nnc21. The molecule has 10 heteroatoms. The Morgan fingerprint density at radius 3 is 2.69 bits per heavy atom. The van der Waals surface area contributed by atoms with Crippen molar-refractivity contribution in [3.05, 3.63) is 45.3 Å². The van der Waals surface area contributed by atoms with Crippen LogP contribution in [0.3, 0.4) is 0 Å². The van der Waals surface area contributed by atoms with Gasteiger partial charge in [-0.2, -0.15) is 5.26 Å². The van der Waals surface area contributed by atoms with E-state index in [1.165, 1.54) is 23.1 Å². The highest BCUT2D eigenvalue weighted by molar-refractivity contribution is 6.36. The van der Waals surface area contributed by atoms with Gasteiger partial charge in [0.2, 0.25) is 0 Å². The number of aromatic nitrogens is 2. The molecule has 3 rings (SSSR count). The van der Waals surface area contributed by atoms with Gasteiger partial charge in [0.25, 0.3) is 0 Å². The fourth-order valence-corrected chi connectivity index (χ4v) is 3.36. The predicted molar refractivity (Wildman–Crippen MR) is 108 cm³/mol. The molecule has 1 aromatic heterocycles. The van der Waals surface area contributed by atoms with Gasteiger partial charge >= 0.3 is 6.09 Å². The zero-order valence-corrected chi connectivity index (χ0v) is 17.6. The highest BCUT2D eigenvalue weighted by Gasteiger charge is 2.33. The van der Waals surface area contributed by atoms with E-state index < -0.39 is 17.5 Å². The molecule has 0 fully saturated rings. The summed E-state index contributed by atoms with van der Waals surface area (Å²) in [5.41, 5.74) is 0.276. The number of hydrogen-bond acceptors (Lipinski definition) is 6. The number of benzene rings is 1. The molecule has 0 aliphatic carbocycles. The molecule has 2 heterocycles. The quantitative estimate of drug-likeness (QED) is 0.640. The van der Waals surface area contributed by atoms with Gasteiger partial charge in [-0.3, -0.25) is 4.90 Å². The van der Waals surface area contributed by atoms with E-state index in [1.54, 1.807) is 20.8 Å². The van der Waals surface area contributed by atoms with E-state index >= 15 is 0 Å². The zero-order valence-electron chi connectivity index (χ0n) is 16.0. The molecule has 152 valence electrons. The lowest BCUT2D eigenvalue weighted by Gasteiger charge is -2.37. The first-order valence-electron chi connectivity index (χ1n) is 8.76. The van der Waals surface area contributed by atoms with Gasteiger partial charge < -0.3 is 9.64 Å². The maximum absolute atomic E-state index is 13.9. The van der Waals surface area contributed by atoms with Crippen molar-refractivity contribution in [3.8, 4) is 6.07 Å². The van der Waals surface area contributed by atoms with Crippen LogP contribution in [0.15, 0.2) is 18.2 Å². The summed E-state index contributed by atoms with van der Waals surface area (Å²) < 4.78 is 19.4. The van der Waals surface area contributed by atoms with Crippen LogP contribution in [0.4, 0.5) is 20.7 Å². The number of carbonyl (C=O) groups is 1. The van der Waals surface area contributed by atoms with Crippen LogP contribution >= 0.6 is 23.2 Å². The number of nitrogens with zero attached hydrogens (tertiary/aromatic N) is 5. The number of hydrogen-bond donors (Lipinski definition) is 0. The summed E-state index contributed by atoms with van der Waals surface area (Å²) in [7, 11) is 0. The van der Waals surface area contributed by atoms with Crippen LogP contribution in [0.2, 0.25) is 10.0 Å². The topological polar surface area (TPSA) is 82.4 Å². The number of carbonyl (C=O) groups excluding carboxylic acids is 1. The summed E-state index contributed by atoms with van der Waals surface area (Å²) in [6, 6.07) is 6.07. The van der Waals surface area contributed by atoms with Gasteiger partial charge in [-0.1, -0.05) is 23.2 Å². The number of halogens is 3. The smallest absolute Gasteiger partial charge is 0.416 e. The van der Waals surface area contributed by atoms with E-state index in [-0.39, 0.29) is 29.6 Å². The molecule has 0 unspecified atom stereocenters. The lowest BCUT2D eigenvalue weighted by Crippen LogP contribution is -2.46. The number of ether oxygens (including phenoxy) is 1. The molecule has 0 radical (unpaired) electrons. The third-order valence-electron chi connectivity index (χ3n) is 4.16. The van der Waals surface area contributed by atoms with Crippen LogP contribution < -0.4 is 9.80 Å². The molecular weight excluding hydrogens is 420 g/mol. The highest BCUT2D eigenvalue weighted by atomic mass is 35.5. The van der Waals surface area contributed by atoms with Crippen molar-refractivity contribution in [2.45, 2.75) is 32.9 Å². The molecule has 0 spiro atoms. The van der Waals surface area contributed by atoms with Gasteiger partial charge in [-0.15, -0.1) is 10.2 Å². The summed E-state index contributed by atoms with van der Waals surface area (Å²) in [5, 5.41) is 17.3. The summed E-state index contributed by atoms with van der Waals surface area (Å²) >= 11 is 12.3. The van der Waals surface area contributed by atoms with Crippen LogP contribution in [0.1, 0.15) is 32.0 Å². The Morgan fingerprint density at radius 1 is 1.31 bits per heavy atom. The van der Waals surface area contributed by atoms with Gasteiger partial charge in [0.05, 0.1) is 10.7 Å². The molecule has 2 aromatic rings.